The van der Waals surface area contributed by atoms with Crippen LogP contribution >= 0.6 is 0 Å². The lowest BCUT2D eigenvalue weighted by Gasteiger charge is -2.06. The summed E-state index contributed by atoms with van der Waals surface area (Å²) in [6, 6.07) is 8.95. The standard InChI is InChI=1S/C14H16N2O3/c1-18-7-4-8-19-14(17)13-9-11(15)10-5-2-3-6-12(10)16-13/h2-3,5-6,9H,4,7-8H2,1H3,(H2,15,16). The predicted molar refractivity (Wildman–Crippen MR) is 72.9 cm³/mol. The summed E-state index contributed by atoms with van der Waals surface area (Å²) in [7, 11) is 1.60. The number of esters is 1. The number of aromatic nitrogens is 1. The summed E-state index contributed by atoms with van der Waals surface area (Å²) in [5, 5.41) is 0.832. The minimum atomic E-state index is -0.464. The van der Waals surface area contributed by atoms with Gasteiger partial charge in [-0.25, -0.2) is 9.78 Å². The number of hydrogen-bond acceptors (Lipinski definition) is 5. The number of fused-ring (bicyclic) bond motifs is 1. The van der Waals surface area contributed by atoms with Crippen molar-refractivity contribution in [1.29, 1.82) is 0 Å². The number of rotatable bonds is 5. The molecule has 0 fully saturated rings. The number of pyridine rings is 1. The highest BCUT2D eigenvalue weighted by Gasteiger charge is 2.11. The predicted octanol–water partition coefficient (Wildman–Crippen LogP) is 2.01. The van der Waals surface area contributed by atoms with Crippen LogP contribution in [0.15, 0.2) is 30.3 Å². The van der Waals surface area contributed by atoms with E-state index in [0.29, 0.717) is 30.8 Å². The van der Waals surface area contributed by atoms with Crippen LogP contribution in [0.25, 0.3) is 10.9 Å². The molecule has 0 saturated heterocycles. The molecule has 2 aromatic rings. The van der Waals surface area contributed by atoms with Gasteiger partial charge < -0.3 is 15.2 Å². The smallest absolute Gasteiger partial charge is 0.357 e. The maximum Gasteiger partial charge on any atom is 0.357 e. The fourth-order valence-electron chi connectivity index (χ4n) is 1.75. The van der Waals surface area contributed by atoms with Crippen molar-refractivity contribution in [3.8, 4) is 0 Å². The molecule has 1 aromatic carbocycles. The van der Waals surface area contributed by atoms with E-state index >= 15 is 0 Å². The van der Waals surface area contributed by atoms with E-state index < -0.39 is 5.97 Å². The maximum atomic E-state index is 11.8. The lowest BCUT2D eigenvalue weighted by Crippen LogP contribution is -2.10. The molecule has 1 aromatic heterocycles. The van der Waals surface area contributed by atoms with Gasteiger partial charge in [0.2, 0.25) is 0 Å². The molecule has 0 bridgehead atoms. The minimum Gasteiger partial charge on any atom is -0.461 e. The molecule has 0 aliphatic heterocycles. The van der Waals surface area contributed by atoms with Gasteiger partial charge in [-0.2, -0.15) is 0 Å². The molecule has 2 rings (SSSR count). The number of nitrogens with zero attached hydrogens (tertiary/aromatic N) is 1. The van der Waals surface area contributed by atoms with E-state index in [0.717, 1.165) is 5.39 Å². The third-order valence-corrected chi connectivity index (χ3v) is 2.68. The number of nitrogens with two attached hydrogens (primary N) is 1. The Kier molecular flexibility index (Phi) is 4.30. The molecule has 0 aliphatic rings. The van der Waals surface area contributed by atoms with Crippen molar-refractivity contribution in [2.45, 2.75) is 6.42 Å². The van der Waals surface area contributed by atoms with Crippen molar-refractivity contribution >= 4 is 22.6 Å². The first-order valence-electron chi connectivity index (χ1n) is 6.03. The van der Waals surface area contributed by atoms with E-state index in [1.54, 1.807) is 13.2 Å². The Hall–Kier alpha value is -2.14. The van der Waals surface area contributed by atoms with Gasteiger partial charge in [0.05, 0.1) is 12.1 Å². The first-order chi connectivity index (χ1) is 9.22. The molecular formula is C14H16N2O3. The number of hydrogen-bond donors (Lipinski definition) is 1. The van der Waals surface area contributed by atoms with Crippen LogP contribution in [-0.2, 0) is 9.47 Å². The number of anilines is 1. The van der Waals surface area contributed by atoms with Crippen molar-refractivity contribution < 1.29 is 14.3 Å². The molecular weight excluding hydrogens is 244 g/mol. The second kappa shape index (κ2) is 6.15. The van der Waals surface area contributed by atoms with Gasteiger partial charge in [0.15, 0.2) is 5.69 Å². The normalized spacial score (nSPS) is 10.6. The highest BCUT2D eigenvalue weighted by atomic mass is 16.5. The number of benzene rings is 1. The molecule has 0 spiro atoms. The van der Waals surface area contributed by atoms with E-state index in [2.05, 4.69) is 4.98 Å². The average molecular weight is 260 g/mol. The highest BCUT2D eigenvalue weighted by molar-refractivity contribution is 5.96. The highest BCUT2D eigenvalue weighted by Crippen LogP contribution is 2.20. The van der Waals surface area contributed by atoms with Gasteiger partial charge in [-0.1, -0.05) is 18.2 Å². The lowest BCUT2D eigenvalue weighted by atomic mass is 10.1. The quantitative estimate of drug-likeness (QED) is 0.657. The summed E-state index contributed by atoms with van der Waals surface area (Å²) in [6.07, 6.45) is 0.658. The Balaban J connectivity index is 2.14. The van der Waals surface area contributed by atoms with Gasteiger partial charge in [-0.05, 0) is 12.1 Å². The Labute approximate surface area is 111 Å². The lowest BCUT2D eigenvalue weighted by molar-refractivity contribution is 0.0462. The summed E-state index contributed by atoms with van der Waals surface area (Å²) in [4.78, 5) is 16.1. The number of ether oxygens (including phenoxy) is 2. The van der Waals surface area contributed by atoms with Crippen molar-refractivity contribution in [2.24, 2.45) is 0 Å². The number of para-hydroxylation sites is 1. The zero-order valence-electron chi connectivity index (χ0n) is 10.8. The maximum absolute atomic E-state index is 11.8. The molecule has 2 N–H and O–H groups in total. The zero-order valence-corrected chi connectivity index (χ0v) is 10.8. The third kappa shape index (κ3) is 3.20. The van der Waals surface area contributed by atoms with Crippen molar-refractivity contribution in [1.82, 2.24) is 4.98 Å². The van der Waals surface area contributed by atoms with Gasteiger partial charge >= 0.3 is 5.97 Å². The molecule has 1 heterocycles. The zero-order chi connectivity index (χ0) is 13.7. The molecule has 5 nitrogen and oxygen atoms in total. The first kappa shape index (κ1) is 13.3. The summed E-state index contributed by atoms with van der Waals surface area (Å²) < 4.78 is 9.98. The second-order valence-electron chi connectivity index (χ2n) is 4.10. The van der Waals surface area contributed by atoms with E-state index in [-0.39, 0.29) is 5.69 Å². The summed E-state index contributed by atoms with van der Waals surface area (Å²) >= 11 is 0. The van der Waals surface area contributed by atoms with Gasteiger partial charge in [0.1, 0.15) is 0 Å². The van der Waals surface area contributed by atoms with Crippen molar-refractivity contribution in [3.05, 3.63) is 36.0 Å². The average Bonchev–Trinajstić information content (AvgIpc) is 2.43. The summed E-state index contributed by atoms with van der Waals surface area (Å²) in [5.41, 5.74) is 7.34. The fourth-order valence-corrected chi connectivity index (χ4v) is 1.75. The van der Waals surface area contributed by atoms with Crippen LogP contribution in [-0.4, -0.2) is 31.3 Å². The topological polar surface area (TPSA) is 74.4 Å². The van der Waals surface area contributed by atoms with E-state index in [9.17, 15) is 4.79 Å². The molecule has 0 saturated carbocycles. The second-order valence-corrected chi connectivity index (χ2v) is 4.10. The third-order valence-electron chi connectivity index (χ3n) is 2.68. The van der Waals surface area contributed by atoms with Gasteiger partial charge in [-0.3, -0.25) is 0 Å². The molecule has 0 amide bonds. The first-order valence-corrected chi connectivity index (χ1v) is 6.03. The van der Waals surface area contributed by atoms with Crippen LogP contribution in [0.2, 0.25) is 0 Å². The molecule has 0 radical (unpaired) electrons. The minimum absolute atomic E-state index is 0.230. The molecule has 0 unspecified atom stereocenters. The van der Waals surface area contributed by atoms with E-state index in [1.807, 2.05) is 24.3 Å². The number of carbonyl (C=O) groups excluding carboxylic acids is 1. The van der Waals surface area contributed by atoms with Crippen molar-refractivity contribution in [2.75, 3.05) is 26.1 Å². The van der Waals surface area contributed by atoms with Crippen LogP contribution in [0.4, 0.5) is 5.69 Å². The Morgan fingerprint density at radius 1 is 1.32 bits per heavy atom. The van der Waals surface area contributed by atoms with Gasteiger partial charge in [0, 0.05) is 31.2 Å². The number of carbonyl (C=O) groups is 1. The fraction of sp³-hybridized carbons (Fsp3) is 0.286. The summed E-state index contributed by atoms with van der Waals surface area (Å²) in [5.74, 6) is -0.464. The molecule has 100 valence electrons. The Morgan fingerprint density at radius 2 is 2.11 bits per heavy atom. The van der Waals surface area contributed by atoms with Gasteiger partial charge in [-0.15, -0.1) is 0 Å². The van der Waals surface area contributed by atoms with Crippen LogP contribution in [0, 0.1) is 0 Å². The molecule has 5 heteroatoms. The monoisotopic (exact) mass is 260 g/mol. The van der Waals surface area contributed by atoms with E-state index in [1.165, 1.54) is 0 Å². The number of nitrogen functional groups attached to an aromatic ring is 1. The Bertz CT molecular complexity index is 584. The largest absolute Gasteiger partial charge is 0.461 e. The van der Waals surface area contributed by atoms with Crippen molar-refractivity contribution in [3.63, 3.8) is 0 Å². The van der Waals surface area contributed by atoms with Gasteiger partial charge in [0.25, 0.3) is 0 Å². The van der Waals surface area contributed by atoms with Crippen LogP contribution < -0.4 is 5.73 Å². The van der Waals surface area contributed by atoms with Crippen LogP contribution in [0.5, 0.6) is 0 Å². The van der Waals surface area contributed by atoms with E-state index in [4.69, 9.17) is 15.2 Å². The van der Waals surface area contributed by atoms with Crippen LogP contribution in [0.3, 0.4) is 0 Å². The number of methoxy groups -OCH3 is 1. The Morgan fingerprint density at radius 3 is 2.89 bits per heavy atom. The van der Waals surface area contributed by atoms with Crippen LogP contribution in [0.1, 0.15) is 16.9 Å². The molecule has 0 atom stereocenters. The molecule has 19 heavy (non-hydrogen) atoms. The molecule has 0 aliphatic carbocycles. The summed E-state index contributed by atoms with van der Waals surface area (Å²) in [6.45, 7) is 0.863. The SMILES string of the molecule is COCCCOC(=O)c1cc(N)c2ccccc2n1.